The standard InChI is InChI=1S/C28H24O3S/c1-30-26-16-14-22(13-15-25(29)28-12-7-17-32-28)19-24(26)20-31-27-11-6-5-10-23(27)18-21-8-3-2-4-9-21/h2-17,19H,18,20H2,1H3/b15-13+. The molecule has 4 aromatic rings. The molecule has 0 atom stereocenters. The predicted octanol–water partition coefficient (Wildman–Crippen LogP) is 6.82. The zero-order valence-corrected chi connectivity index (χ0v) is 18.7. The summed E-state index contributed by atoms with van der Waals surface area (Å²) in [4.78, 5) is 13.0. The van der Waals surface area contributed by atoms with E-state index in [9.17, 15) is 4.79 Å². The molecule has 0 aliphatic rings. The molecular formula is C28H24O3S. The van der Waals surface area contributed by atoms with E-state index >= 15 is 0 Å². The number of benzene rings is 3. The zero-order valence-electron chi connectivity index (χ0n) is 17.9. The van der Waals surface area contributed by atoms with Crippen molar-refractivity contribution < 1.29 is 14.3 Å². The Morgan fingerprint density at radius 1 is 0.875 bits per heavy atom. The normalized spacial score (nSPS) is 10.9. The van der Waals surface area contributed by atoms with Crippen LogP contribution in [0.4, 0.5) is 0 Å². The Labute approximate surface area is 192 Å². The smallest absolute Gasteiger partial charge is 0.195 e. The Morgan fingerprint density at radius 2 is 1.69 bits per heavy atom. The first-order chi connectivity index (χ1) is 15.7. The van der Waals surface area contributed by atoms with Crippen LogP contribution in [0.15, 0.2) is 96.4 Å². The Balaban J connectivity index is 1.49. The van der Waals surface area contributed by atoms with Gasteiger partial charge in [0.05, 0.1) is 12.0 Å². The average Bonchev–Trinajstić information content (AvgIpc) is 3.38. The fraction of sp³-hybridized carbons (Fsp3) is 0.107. The fourth-order valence-electron chi connectivity index (χ4n) is 3.45. The van der Waals surface area contributed by atoms with Crippen LogP contribution >= 0.6 is 11.3 Å². The minimum absolute atomic E-state index is 0.00320. The van der Waals surface area contributed by atoms with Gasteiger partial charge in [-0.05, 0) is 52.4 Å². The Kier molecular flexibility index (Phi) is 7.15. The molecule has 3 nitrogen and oxygen atoms in total. The van der Waals surface area contributed by atoms with E-state index in [1.807, 2.05) is 78.2 Å². The van der Waals surface area contributed by atoms with Crippen molar-refractivity contribution in [2.75, 3.05) is 7.11 Å². The highest BCUT2D eigenvalue weighted by Crippen LogP contribution is 2.26. The van der Waals surface area contributed by atoms with Crippen LogP contribution in [0, 0.1) is 0 Å². The third-order valence-corrected chi connectivity index (χ3v) is 5.97. The van der Waals surface area contributed by atoms with Gasteiger partial charge in [-0.25, -0.2) is 0 Å². The molecule has 32 heavy (non-hydrogen) atoms. The van der Waals surface area contributed by atoms with Crippen molar-refractivity contribution in [2.24, 2.45) is 0 Å². The molecule has 160 valence electrons. The summed E-state index contributed by atoms with van der Waals surface area (Å²) in [5, 5.41) is 1.90. The second-order valence-corrected chi connectivity index (χ2v) is 8.25. The Bertz CT molecular complexity index is 1190. The van der Waals surface area contributed by atoms with Crippen LogP contribution < -0.4 is 9.47 Å². The first-order valence-corrected chi connectivity index (χ1v) is 11.3. The fourth-order valence-corrected chi connectivity index (χ4v) is 4.09. The van der Waals surface area contributed by atoms with Crippen LogP contribution in [0.1, 0.15) is 31.9 Å². The number of carbonyl (C=O) groups excluding carboxylic acids is 1. The Morgan fingerprint density at radius 3 is 2.47 bits per heavy atom. The minimum Gasteiger partial charge on any atom is -0.496 e. The molecule has 0 amide bonds. The number of thiophene rings is 1. The minimum atomic E-state index is 0.00320. The van der Waals surface area contributed by atoms with Gasteiger partial charge in [-0.15, -0.1) is 11.3 Å². The summed E-state index contributed by atoms with van der Waals surface area (Å²) in [7, 11) is 1.65. The third kappa shape index (κ3) is 5.54. The summed E-state index contributed by atoms with van der Waals surface area (Å²) in [6.07, 6.45) is 4.24. The van der Waals surface area contributed by atoms with Crippen molar-refractivity contribution >= 4 is 23.2 Å². The number of allylic oxidation sites excluding steroid dienone is 1. The lowest BCUT2D eigenvalue weighted by molar-refractivity contribution is 0.105. The van der Waals surface area contributed by atoms with Gasteiger partial charge in [-0.1, -0.05) is 66.7 Å². The SMILES string of the molecule is COc1ccc(/C=C/C(=O)c2cccs2)cc1COc1ccccc1Cc1ccccc1. The maximum absolute atomic E-state index is 12.3. The van der Waals surface area contributed by atoms with Gasteiger partial charge in [-0.2, -0.15) is 0 Å². The molecule has 0 aliphatic carbocycles. The molecule has 3 aromatic carbocycles. The first kappa shape index (κ1) is 21.6. The second-order valence-electron chi connectivity index (χ2n) is 7.30. The van der Waals surface area contributed by atoms with E-state index < -0.39 is 0 Å². The van der Waals surface area contributed by atoms with E-state index in [4.69, 9.17) is 9.47 Å². The van der Waals surface area contributed by atoms with Gasteiger partial charge in [-0.3, -0.25) is 4.79 Å². The van der Waals surface area contributed by atoms with Crippen LogP contribution in [0.3, 0.4) is 0 Å². The molecule has 0 N–H and O–H groups in total. The number of ether oxygens (including phenoxy) is 2. The highest BCUT2D eigenvalue weighted by atomic mass is 32.1. The first-order valence-electron chi connectivity index (χ1n) is 10.4. The molecule has 4 rings (SSSR count). The van der Waals surface area contributed by atoms with Gasteiger partial charge >= 0.3 is 0 Å². The van der Waals surface area contributed by atoms with Crippen LogP contribution in [-0.2, 0) is 13.0 Å². The van der Waals surface area contributed by atoms with E-state index in [0.29, 0.717) is 6.61 Å². The van der Waals surface area contributed by atoms with E-state index in [2.05, 4.69) is 18.2 Å². The summed E-state index contributed by atoms with van der Waals surface area (Å²) in [6, 6.07) is 28.0. The second kappa shape index (κ2) is 10.6. The number of hydrogen-bond acceptors (Lipinski definition) is 4. The maximum atomic E-state index is 12.3. The van der Waals surface area contributed by atoms with E-state index in [1.165, 1.54) is 16.9 Å². The summed E-state index contributed by atoms with van der Waals surface area (Å²) >= 11 is 1.44. The molecule has 0 saturated heterocycles. The van der Waals surface area contributed by atoms with Crippen LogP contribution in [0.5, 0.6) is 11.5 Å². The third-order valence-electron chi connectivity index (χ3n) is 5.09. The molecule has 1 heterocycles. The highest BCUT2D eigenvalue weighted by molar-refractivity contribution is 7.12. The quantitative estimate of drug-likeness (QED) is 0.212. The lowest BCUT2D eigenvalue weighted by Gasteiger charge is -2.14. The summed E-state index contributed by atoms with van der Waals surface area (Å²) in [6.45, 7) is 0.371. The monoisotopic (exact) mass is 440 g/mol. The number of para-hydroxylation sites is 1. The predicted molar refractivity (Wildman–Crippen MR) is 131 cm³/mol. The molecule has 0 bridgehead atoms. The van der Waals surface area contributed by atoms with Crippen molar-refractivity contribution in [1.82, 2.24) is 0 Å². The lowest BCUT2D eigenvalue weighted by atomic mass is 10.0. The summed E-state index contributed by atoms with van der Waals surface area (Å²) in [5.41, 5.74) is 4.22. The van der Waals surface area contributed by atoms with Gasteiger partial charge in [0.2, 0.25) is 0 Å². The van der Waals surface area contributed by atoms with Crippen molar-refractivity contribution in [1.29, 1.82) is 0 Å². The number of ketones is 1. The molecule has 0 spiro atoms. The molecule has 0 aliphatic heterocycles. The van der Waals surface area contributed by atoms with Crippen molar-refractivity contribution in [3.8, 4) is 11.5 Å². The summed E-state index contributed by atoms with van der Waals surface area (Å²) < 4.78 is 11.7. The lowest BCUT2D eigenvalue weighted by Crippen LogP contribution is -2.02. The van der Waals surface area contributed by atoms with E-state index in [-0.39, 0.29) is 5.78 Å². The van der Waals surface area contributed by atoms with Gasteiger partial charge in [0.25, 0.3) is 0 Å². The molecule has 0 unspecified atom stereocenters. The van der Waals surface area contributed by atoms with E-state index in [1.54, 1.807) is 13.2 Å². The largest absolute Gasteiger partial charge is 0.496 e. The molecule has 0 saturated carbocycles. The molecule has 1 aromatic heterocycles. The zero-order chi connectivity index (χ0) is 22.2. The van der Waals surface area contributed by atoms with Gasteiger partial charge in [0.1, 0.15) is 18.1 Å². The molecule has 4 heteroatoms. The number of carbonyl (C=O) groups is 1. The molecular weight excluding hydrogens is 416 g/mol. The summed E-state index contributed by atoms with van der Waals surface area (Å²) in [5.74, 6) is 1.61. The van der Waals surface area contributed by atoms with Crippen LogP contribution in [-0.4, -0.2) is 12.9 Å². The van der Waals surface area contributed by atoms with Crippen molar-refractivity contribution in [3.63, 3.8) is 0 Å². The molecule has 0 radical (unpaired) electrons. The van der Waals surface area contributed by atoms with Crippen LogP contribution in [0.25, 0.3) is 6.08 Å². The van der Waals surface area contributed by atoms with Gasteiger partial charge < -0.3 is 9.47 Å². The number of methoxy groups -OCH3 is 1. The topological polar surface area (TPSA) is 35.5 Å². The van der Waals surface area contributed by atoms with Crippen molar-refractivity contribution in [2.45, 2.75) is 13.0 Å². The van der Waals surface area contributed by atoms with Gasteiger partial charge in [0, 0.05) is 12.0 Å². The van der Waals surface area contributed by atoms with E-state index in [0.717, 1.165) is 39.5 Å². The average molecular weight is 441 g/mol. The number of hydrogen-bond donors (Lipinski definition) is 0. The number of rotatable bonds is 9. The maximum Gasteiger partial charge on any atom is 0.195 e. The van der Waals surface area contributed by atoms with Crippen LogP contribution in [0.2, 0.25) is 0 Å². The highest BCUT2D eigenvalue weighted by Gasteiger charge is 2.09. The van der Waals surface area contributed by atoms with Crippen molar-refractivity contribution in [3.05, 3.63) is 124 Å². The van der Waals surface area contributed by atoms with Gasteiger partial charge in [0.15, 0.2) is 5.78 Å². The Hall–Kier alpha value is -3.63. The molecule has 0 fully saturated rings.